The van der Waals surface area contributed by atoms with Crippen molar-refractivity contribution in [1.29, 1.82) is 0 Å². The number of nitrogens with one attached hydrogen (secondary N) is 2. The molecule has 3 atom stereocenters. The third kappa shape index (κ3) is 4.37. The van der Waals surface area contributed by atoms with Crippen LogP contribution in [0.15, 0.2) is 0 Å². The smallest absolute Gasteiger partial charge is 0.316 e. The van der Waals surface area contributed by atoms with Gasteiger partial charge in [-0.2, -0.15) is 0 Å². The van der Waals surface area contributed by atoms with Gasteiger partial charge in [-0.1, -0.05) is 0 Å². The van der Waals surface area contributed by atoms with Crippen LogP contribution < -0.4 is 10.6 Å². The lowest BCUT2D eigenvalue weighted by atomic mass is 10.2. The second-order valence-electron chi connectivity index (χ2n) is 5.82. The summed E-state index contributed by atoms with van der Waals surface area (Å²) in [7, 11) is 3.37. The fourth-order valence-electron chi connectivity index (χ4n) is 2.77. The summed E-state index contributed by atoms with van der Waals surface area (Å²) in [6, 6.07) is 0.652. The Labute approximate surface area is 121 Å². The minimum Gasteiger partial charge on any atom is -0.353 e. The molecule has 1 fully saturated rings. The van der Waals surface area contributed by atoms with Crippen LogP contribution in [0.4, 0.5) is 4.79 Å². The molecule has 1 aliphatic rings. The zero-order valence-electron chi connectivity index (χ0n) is 13.3. The van der Waals surface area contributed by atoms with Gasteiger partial charge in [-0.3, -0.25) is 9.69 Å². The predicted octanol–water partition coefficient (Wildman–Crippen LogP) is 0.635. The van der Waals surface area contributed by atoms with Gasteiger partial charge in [0.2, 0.25) is 5.91 Å². The van der Waals surface area contributed by atoms with E-state index in [1.807, 2.05) is 6.92 Å². The van der Waals surface area contributed by atoms with Crippen LogP contribution >= 0.6 is 0 Å². The predicted molar refractivity (Wildman–Crippen MR) is 79.6 cm³/mol. The van der Waals surface area contributed by atoms with E-state index in [1.54, 1.807) is 14.1 Å². The Morgan fingerprint density at radius 3 is 2.15 bits per heavy atom. The van der Waals surface area contributed by atoms with Gasteiger partial charge in [0.1, 0.15) is 0 Å². The van der Waals surface area contributed by atoms with Crippen LogP contribution in [0.1, 0.15) is 33.6 Å². The van der Waals surface area contributed by atoms with E-state index in [2.05, 4.69) is 29.4 Å². The summed E-state index contributed by atoms with van der Waals surface area (Å²) in [5.41, 5.74) is 0. The van der Waals surface area contributed by atoms with Crippen molar-refractivity contribution in [2.24, 2.45) is 0 Å². The molecule has 20 heavy (non-hydrogen) atoms. The first kappa shape index (κ1) is 16.8. The lowest BCUT2D eigenvalue weighted by Gasteiger charge is -2.31. The van der Waals surface area contributed by atoms with Crippen LogP contribution in [0, 0.1) is 0 Å². The maximum Gasteiger partial charge on any atom is 0.316 e. The minimum atomic E-state index is -0.144. The Morgan fingerprint density at radius 2 is 1.65 bits per heavy atom. The maximum absolute atomic E-state index is 12.1. The van der Waals surface area contributed by atoms with Gasteiger partial charge in [-0.05, 0) is 33.6 Å². The third-order valence-electron chi connectivity index (χ3n) is 3.95. The molecule has 2 N–H and O–H groups in total. The van der Waals surface area contributed by atoms with E-state index in [1.165, 1.54) is 4.90 Å². The van der Waals surface area contributed by atoms with E-state index in [9.17, 15) is 9.59 Å². The SMILES string of the molecule is C[C@@H]1CC[C@H](C)N1[C@@H](C)C(=O)NCCNC(=O)N(C)C. The molecule has 0 spiro atoms. The molecule has 0 radical (unpaired) electrons. The number of nitrogens with zero attached hydrogens (tertiary/aromatic N) is 2. The average Bonchev–Trinajstić information content (AvgIpc) is 2.72. The highest BCUT2D eigenvalue weighted by atomic mass is 16.2. The van der Waals surface area contributed by atoms with E-state index in [4.69, 9.17) is 0 Å². The van der Waals surface area contributed by atoms with Gasteiger partial charge in [0, 0.05) is 39.3 Å². The number of amides is 3. The van der Waals surface area contributed by atoms with Crippen molar-refractivity contribution in [3.05, 3.63) is 0 Å². The fraction of sp³-hybridized carbons (Fsp3) is 0.857. The first-order valence-corrected chi connectivity index (χ1v) is 7.35. The summed E-state index contributed by atoms with van der Waals surface area (Å²) in [5.74, 6) is 0.0321. The quantitative estimate of drug-likeness (QED) is 0.728. The van der Waals surface area contributed by atoms with Crippen molar-refractivity contribution in [2.45, 2.75) is 51.7 Å². The van der Waals surface area contributed by atoms with Crippen molar-refractivity contribution < 1.29 is 9.59 Å². The second-order valence-corrected chi connectivity index (χ2v) is 5.82. The molecule has 6 heteroatoms. The van der Waals surface area contributed by atoms with Crippen molar-refractivity contribution in [3.8, 4) is 0 Å². The average molecular weight is 284 g/mol. The summed E-state index contributed by atoms with van der Waals surface area (Å²) < 4.78 is 0. The van der Waals surface area contributed by atoms with Crippen LogP contribution in [0.5, 0.6) is 0 Å². The lowest BCUT2D eigenvalue weighted by Crippen LogP contribution is -2.50. The van der Waals surface area contributed by atoms with Crippen molar-refractivity contribution >= 4 is 11.9 Å². The van der Waals surface area contributed by atoms with Crippen molar-refractivity contribution in [1.82, 2.24) is 20.4 Å². The number of carbonyl (C=O) groups is 2. The number of hydrogen-bond acceptors (Lipinski definition) is 3. The van der Waals surface area contributed by atoms with Gasteiger partial charge in [0.15, 0.2) is 0 Å². The fourth-order valence-corrected chi connectivity index (χ4v) is 2.77. The van der Waals surface area contributed by atoms with Gasteiger partial charge in [-0.25, -0.2) is 4.79 Å². The molecule has 0 aromatic heterocycles. The number of likely N-dealkylation sites (tertiary alicyclic amines) is 1. The summed E-state index contributed by atoms with van der Waals surface area (Å²) >= 11 is 0. The van der Waals surface area contributed by atoms with E-state index in [0.29, 0.717) is 25.2 Å². The molecule has 6 nitrogen and oxygen atoms in total. The summed E-state index contributed by atoms with van der Waals surface area (Å²) in [6.45, 7) is 7.20. The normalized spacial score (nSPS) is 24.2. The van der Waals surface area contributed by atoms with Gasteiger partial charge >= 0.3 is 6.03 Å². The summed E-state index contributed by atoms with van der Waals surface area (Å²) in [6.07, 6.45) is 2.30. The molecule has 0 unspecified atom stereocenters. The van der Waals surface area contributed by atoms with Gasteiger partial charge in [0.05, 0.1) is 6.04 Å². The van der Waals surface area contributed by atoms with Crippen molar-refractivity contribution in [2.75, 3.05) is 27.2 Å². The van der Waals surface area contributed by atoms with Crippen LogP contribution in [0.25, 0.3) is 0 Å². The Morgan fingerprint density at radius 1 is 1.15 bits per heavy atom. The molecule has 116 valence electrons. The highest BCUT2D eigenvalue weighted by molar-refractivity contribution is 5.81. The van der Waals surface area contributed by atoms with Crippen LogP contribution in [-0.2, 0) is 4.79 Å². The van der Waals surface area contributed by atoms with E-state index < -0.39 is 0 Å². The Kier molecular flexibility index (Phi) is 6.26. The molecule has 0 aromatic rings. The molecule has 0 aliphatic carbocycles. The minimum absolute atomic E-state index is 0.0321. The van der Waals surface area contributed by atoms with E-state index in [-0.39, 0.29) is 18.0 Å². The topological polar surface area (TPSA) is 64.7 Å². The Balaban J connectivity index is 2.30. The standard InChI is InChI=1S/C14H28N4O2/c1-10-6-7-11(2)18(10)12(3)13(19)15-8-9-16-14(20)17(4)5/h10-12H,6-9H2,1-5H3,(H,15,19)(H,16,20)/t10-,11+,12-/m0/s1. The highest BCUT2D eigenvalue weighted by Crippen LogP contribution is 2.25. The van der Waals surface area contributed by atoms with Crippen LogP contribution in [0.2, 0.25) is 0 Å². The molecule has 3 amide bonds. The Bertz CT molecular complexity index is 336. The molecule has 0 aromatic carbocycles. The molecule has 0 bridgehead atoms. The third-order valence-corrected chi connectivity index (χ3v) is 3.95. The molecule has 1 heterocycles. The highest BCUT2D eigenvalue weighted by Gasteiger charge is 2.34. The molecule has 1 saturated heterocycles. The number of hydrogen-bond donors (Lipinski definition) is 2. The molecule has 1 rings (SSSR count). The van der Waals surface area contributed by atoms with Gasteiger partial charge in [0.25, 0.3) is 0 Å². The van der Waals surface area contributed by atoms with E-state index in [0.717, 1.165) is 12.8 Å². The first-order chi connectivity index (χ1) is 9.34. The van der Waals surface area contributed by atoms with Gasteiger partial charge in [-0.15, -0.1) is 0 Å². The number of carbonyl (C=O) groups excluding carboxylic acids is 2. The monoisotopic (exact) mass is 284 g/mol. The molecule has 1 aliphatic heterocycles. The van der Waals surface area contributed by atoms with Crippen LogP contribution in [0.3, 0.4) is 0 Å². The summed E-state index contributed by atoms with van der Waals surface area (Å²) in [5, 5.41) is 5.60. The zero-order valence-corrected chi connectivity index (χ0v) is 13.3. The molecular weight excluding hydrogens is 256 g/mol. The van der Waals surface area contributed by atoms with Gasteiger partial charge < -0.3 is 15.5 Å². The zero-order chi connectivity index (χ0) is 15.3. The Hall–Kier alpha value is -1.30. The first-order valence-electron chi connectivity index (χ1n) is 7.35. The van der Waals surface area contributed by atoms with Crippen LogP contribution in [-0.4, -0.2) is 67.0 Å². The number of urea groups is 1. The molecular formula is C14H28N4O2. The molecule has 0 saturated carbocycles. The lowest BCUT2D eigenvalue weighted by molar-refractivity contribution is -0.126. The van der Waals surface area contributed by atoms with E-state index >= 15 is 0 Å². The summed E-state index contributed by atoms with van der Waals surface area (Å²) in [4.78, 5) is 27.2. The number of rotatable bonds is 5. The maximum atomic E-state index is 12.1. The van der Waals surface area contributed by atoms with Crippen molar-refractivity contribution in [3.63, 3.8) is 0 Å². The second kappa shape index (κ2) is 7.47. The largest absolute Gasteiger partial charge is 0.353 e.